The first kappa shape index (κ1) is 13.1. The summed E-state index contributed by atoms with van der Waals surface area (Å²) in [6.07, 6.45) is 3.25. The Morgan fingerprint density at radius 3 is 2.44 bits per heavy atom. The predicted octanol–water partition coefficient (Wildman–Crippen LogP) is 3.75. The van der Waals surface area contributed by atoms with E-state index in [-0.39, 0.29) is 11.3 Å². The molecule has 0 spiro atoms. The van der Waals surface area contributed by atoms with Gasteiger partial charge < -0.3 is 4.90 Å². The standard InChI is InChI=1S/C16H23NO/c1-5-12(6-2)11-16(3)13-9-7-8-10-14(13)17(4)15(16)18/h7-10,12H,5-6,11H2,1-4H3/t16-/m1/s1. The number of para-hydroxylation sites is 1. The molecule has 18 heavy (non-hydrogen) atoms. The maximum Gasteiger partial charge on any atom is 0.237 e. The number of nitrogens with zero attached hydrogens (tertiary/aromatic N) is 1. The molecule has 1 aromatic rings. The monoisotopic (exact) mass is 245 g/mol. The minimum Gasteiger partial charge on any atom is -0.314 e. The number of carbonyl (C=O) groups excluding carboxylic acids is 1. The van der Waals surface area contributed by atoms with Gasteiger partial charge in [0.05, 0.1) is 5.41 Å². The lowest BCUT2D eigenvalue weighted by atomic mass is 9.75. The molecular formula is C16H23NO. The van der Waals surface area contributed by atoms with Gasteiger partial charge in [0.15, 0.2) is 0 Å². The van der Waals surface area contributed by atoms with Crippen molar-refractivity contribution in [2.75, 3.05) is 11.9 Å². The third-order valence-electron chi connectivity index (χ3n) is 4.49. The van der Waals surface area contributed by atoms with Crippen LogP contribution in [0.5, 0.6) is 0 Å². The zero-order valence-corrected chi connectivity index (χ0v) is 11.9. The number of anilines is 1. The van der Waals surface area contributed by atoms with Crippen molar-refractivity contribution in [2.45, 2.75) is 45.4 Å². The van der Waals surface area contributed by atoms with Crippen molar-refractivity contribution in [1.82, 2.24) is 0 Å². The maximum atomic E-state index is 12.6. The van der Waals surface area contributed by atoms with Crippen molar-refractivity contribution in [3.05, 3.63) is 29.8 Å². The van der Waals surface area contributed by atoms with Gasteiger partial charge in [-0.2, -0.15) is 0 Å². The first-order valence-electron chi connectivity index (χ1n) is 6.92. The molecular weight excluding hydrogens is 222 g/mol. The topological polar surface area (TPSA) is 20.3 Å². The first-order chi connectivity index (χ1) is 8.54. The number of hydrogen-bond donors (Lipinski definition) is 0. The number of hydrogen-bond acceptors (Lipinski definition) is 1. The van der Waals surface area contributed by atoms with E-state index in [2.05, 4.69) is 26.8 Å². The minimum absolute atomic E-state index is 0.246. The van der Waals surface area contributed by atoms with E-state index in [1.165, 1.54) is 5.56 Å². The molecule has 0 bridgehead atoms. The van der Waals surface area contributed by atoms with Crippen LogP contribution in [0, 0.1) is 5.92 Å². The number of benzene rings is 1. The Morgan fingerprint density at radius 1 is 1.22 bits per heavy atom. The second-order valence-electron chi connectivity index (χ2n) is 5.60. The van der Waals surface area contributed by atoms with Crippen LogP contribution in [0.15, 0.2) is 24.3 Å². The zero-order valence-electron chi connectivity index (χ0n) is 11.9. The quantitative estimate of drug-likeness (QED) is 0.791. The van der Waals surface area contributed by atoms with Crippen LogP contribution in [0.3, 0.4) is 0 Å². The third kappa shape index (κ3) is 1.84. The van der Waals surface area contributed by atoms with Crippen LogP contribution in [0.4, 0.5) is 5.69 Å². The number of amides is 1. The summed E-state index contributed by atoms with van der Waals surface area (Å²) in [7, 11) is 1.89. The van der Waals surface area contributed by atoms with Crippen LogP contribution in [-0.2, 0) is 10.2 Å². The molecule has 98 valence electrons. The summed E-state index contributed by atoms with van der Waals surface area (Å²) in [6.45, 7) is 6.54. The summed E-state index contributed by atoms with van der Waals surface area (Å²) in [5.74, 6) is 0.870. The maximum absolute atomic E-state index is 12.6. The van der Waals surface area contributed by atoms with Gasteiger partial charge in [-0.05, 0) is 30.9 Å². The van der Waals surface area contributed by atoms with Gasteiger partial charge in [-0.25, -0.2) is 0 Å². The lowest BCUT2D eigenvalue weighted by molar-refractivity contribution is -0.123. The average molecular weight is 245 g/mol. The first-order valence-corrected chi connectivity index (χ1v) is 6.92. The molecule has 2 rings (SSSR count). The summed E-state index contributed by atoms with van der Waals surface area (Å²) < 4.78 is 0. The van der Waals surface area contributed by atoms with Gasteiger partial charge in [0.25, 0.3) is 0 Å². The fourth-order valence-electron chi connectivity index (χ4n) is 3.18. The lowest BCUT2D eigenvalue weighted by Crippen LogP contribution is -2.37. The van der Waals surface area contributed by atoms with E-state index in [9.17, 15) is 4.79 Å². The molecule has 0 saturated carbocycles. The molecule has 0 aliphatic carbocycles. The number of carbonyl (C=O) groups is 1. The Hall–Kier alpha value is -1.31. The fraction of sp³-hybridized carbons (Fsp3) is 0.562. The number of likely N-dealkylation sites (N-methyl/N-ethyl adjacent to an activating group) is 1. The van der Waals surface area contributed by atoms with Crippen molar-refractivity contribution in [3.8, 4) is 0 Å². The number of rotatable bonds is 4. The second kappa shape index (κ2) is 4.75. The summed E-state index contributed by atoms with van der Waals surface area (Å²) in [4.78, 5) is 14.4. The molecule has 0 radical (unpaired) electrons. The fourth-order valence-corrected chi connectivity index (χ4v) is 3.18. The third-order valence-corrected chi connectivity index (χ3v) is 4.49. The average Bonchev–Trinajstić information content (AvgIpc) is 2.59. The Morgan fingerprint density at radius 2 is 1.83 bits per heavy atom. The molecule has 1 amide bonds. The Labute approximate surface area is 110 Å². The van der Waals surface area contributed by atoms with E-state index < -0.39 is 0 Å². The van der Waals surface area contributed by atoms with E-state index in [0.717, 1.165) is 24.9 Å². The van der Waals surface area contributed by atoms with Crippen molar-refractivity contribution in [2.24, 2.45) is 5.92 Å². The van der Waals surface area contributed by atoms with E-state index in [1.54, 1.807) is 0 Å². The van der Waals surface area contributed by atoms with Gasteiger partial charge in [0.2, 0.25) is 5.91 Å². The van der Waals surface area contributed by atoms with Gasteiger partial charge in [0, 0.05) is 12.7 Å². The SMILES string of the molecule is CCC(CC)C[C@@]1(C)C(=O)N(C)c2ccccc21. The van der Waals surface area contributed by atoms with Gasteiger partial charge in [-0.15, -0.1) is 0 Å². The van der Waals surface area contributed by atoms with Gasteiger partial charge in [-0.1, -0.05) is 44.9 Å². The van der Waals surface area contributed by atoms with Crippen LogP contribution >= 0.6 is 0 Å². The van der Waals surface area contributed by atoms with Crippen molar-refractivity contribution >= 4 is 11.6 Å². The van der Waals surface area contributed by atoms with Crippen LogP contribution in [0.25, 0.3) is 0 Å². The molecule has 1 atom stereocenters. The Bertz CT molecular complexity index is 450. The summed E-state index contributed by atoms with van der Waals surface area (Å²) >= 11 is 0. The van der Waals surface area contributed by atoms with E-state index in [0.29, 0.717) is 5.92 Å². The molecule has 0 unspecified atom stereocenters. The van der Waals surface area contributed by atoms with Gasteiger partial charge >= 0.3 is 0 Å². The second-order valence-corrected chi connectivity index (χ2v) is 5.60. The highest BCUT2D eigenvalue weighted by atomic mass is 16.2. The van der Waals surface area contributed by atoms with Crippen LogP contribution in [0.1, 0.15) is 45.6 Å². The minimum atomic E-state index is -0.331. The van der Waals surface area contributed by atoms with Crippen molar-refractivity contribution < 1.29 is 4.79 Å². The molecule has 1 aromatic carbocycles. The molecule has 0 saturated heterocycles. The van der Waals surface area contributed by atoms with Crippen molar-refractivity contribution in [1.29, 1.82) is 0 Å². The van der Waals surface area contributed by atoms with Gasteiger partial charge in [-0.3, -0.25) is 4.79 Å². The molecule has 1 aliphatic heterocycles. The van der Waals surface area contributed by atoms with Crippen LogP contribution in [0.2, 0.25) is 0 Å². The molecule has 0 fully saturated rings. The number of fused-ring (bicyclic) bond motifs is 1. The van der Waals surface area contributed by atoms with E-state index >= 15 is 0 Å². The van der Waals surface area contributed by atoms with Crippen LogP contribution < -0.4 is 4.90 Å². The Kier molecular flexibility index (Phi) is 3.47. The highest BCUT2D eigenvalue weighted by Crippen LogP contribution is 2.45. The van der Waals surface area contributed by atoms with E-state index in [1.807, 2.05) is 30.1 Å². The molecule has 2 heteroatoms. The highest BCUT2D eigenvalue weighted by Gasteiger charge is 2.46. The normalized spacial score (nSPS) is 22.7. The molecule has 0 aromatic heterocycles. The zero-order chi connectivity index (χ0) is 13.3. The summed E-state index contributed by atoms with van der Waals surface area (Å²) in [5, 5.41) is 0. The predicted molar refractivity (Wildman–Crippen MR) is 75.9 cm³/mol. The summed E-state index contributed by atoms with van der Waals surface area (Å²) in [5.41, 5.74) is 1.95. The van der Waals surface area contributed by atoms with Crippen LogP contribution in [-0.4, -0.2) is 13.0 Å². The molecule has 0 N–H and O–H groups in total. The molecule has 1 heterocycles. The lowest BCUT2D eigenvalue weighted by Gasteiger charge is -2.27. The molecule has 2 nitrogen and oxygen atoms in total. The largest absolute Gasteiger partial charge is 0.314 e. The van der Waals surface area contributed by atoms with E-state index in [4.69, 9.17) is 0 Å². The molecule has 1 aliphatic rings. The van der Waals surface area contributed by atoms with Crippen molar-refractivity contribution in [3.63, 3.8) is 0 Å². The Balaban J connectivity index is 2.41. The smallest absolute Gasteiger partial charge is 0.237 e. The van der Waals surface area contributed by atoms with Gasteiger partial charge in [0.1, 0.15) is 0 Å². The highest BCUT2D eigenvalue weighted by molar-refractivity contribution is 6.07. The summed E-state index contributed by atoms with van der Waals surface area (Å²) in [6, 6.07) is 8.20.